The summed E-state index contributed by atoms with van der Waals surface area (Å²) in [7, 11) is 0. The Labute approximate surface area is 188 Å². The largest absolute Gasteiger partial charge is 0.508 e. The van der Waals surface area contributed by atoms with E-state index in [4.69, 9.17) is 4.74 Å². The van der Waals surface area contributed by atoms with Gasteiger partial charge in [-0.15, -0.1) is 0 Å². The molecule has 0 saturated carbocycles. The summed E-state index contributed by atoms with van der Waals surface area (Å²) in [6.07, 6.45) is -0.245. The molecule has 0 aromatic heterocycles. The first-order valence-electron chi connectivity index (χ1n) is 11.0. The van der Waals surface area contributed by atoms with Crippen LogP contribution in [0.4, 0.5) is 4.79 Å². The molecule has 170 valence electrons. The van der Waals surface area contributed by atoms with Crippen molar-refractivity contribution in [3.05, 3.63) is 58.7 Å². The molecule has 2 aliphatic heterocycles. The Morgan fingerprint density at radius 2 is 2.00 bits per heavy atom. The van der Waals surface area contributed by atoms with Crippen molar-refractivity contribution < 1.29 is 24.5 Å². The van der Waals surface area contributed by atoms with Crippen LogP contribution in [0.2, 0.25) is 0 Å². The number of likely N-dealkylation sites (tertiary alicyclic amines) is 1. The highest BCUT2D eigenvalue weighted by atomic mass is 16.5. The number of nitrogens with one attached hydrogen (secondary N) is 1. The van der Waals surface area contributed by atoms with Gasteiger partial charge in [-0.3, -0.25) is 4.79 Å². The number of aromatic hydroxyl groups is 1. The first kappa shape index (κ1) is 22.0. The van der Waals surface area contributed by atoms with E-state index in [9.17, 15) is 19.8 Å². The van der Waals surface area contributed by atoms with Crippen LogP contribution >= 0.6 is 0 Å². The number of carbonyl (C=O) groups excluding carboxylic acids is 1. The number of phenolic OH excluding ortho intramolecular Hbond substituents is 1. The second-order valence-electron chi connectivity index (χ2n) is 9.72. The van der Waals surface area contributed by atoms with Gasteiger partial charge in [0.2, 0.25) is 0 Å². The summed E-state index contributed by atoms with van der Waals surface area (Å²) in [5.41, 5.74) is 3.60. The third-order valence-electron chi connectivity index (χ3n) is 6.48. The molecule has 4 rings (SSSR count). The van der Waals surface area contributed by atoms with Gasteiger partial charge in [-0.25, -0.2) is 4.79 Å². The summed E-state index contributed by atoms with van der Waals surface area (Å²) in [6, 6.07) is 11.0. The van der Waals surface area contributed by atoms with Crippen LogP contribution in [0.3, 0.4) is 0 Å². The van der Waals surface area contributed by atoms with Crippen molar-refractivity contribution in [1.82, 2.24) is 10.2 Å². The molecule has 2 heterocycles. The molecule has 0 bridgehead atoms. The van der Waals surface area contributed by atoms with Gasteiger partial charge < -0.3 is 25.2 Å². The van der Waals surface area contributed by atoms with Crippen LogP contribution in [0, 0.1) is 5.92 Å². The van der Waals surface area contributed by atoms with E-state index >= 15 is 0 Å². The van der Waals surface area contributed by atoms with Crippen LogP contribution in [0.5, 0.6) is 11.5 Å². The molecule has 2 unspecified atom stereocenters. The first-order chi connectivity index (χ1) is 15.1. The van der Waals surface area contributed by atoms with Gasteiger partial charge in [-0.1, -0.05) is 32.9 Å². The lowest BCUT2D eigenvalue weighted by Crippen LogP contribution is -2.44. The van der Waals surface area contributed by atoms with E-state index in [1.54, 1.807) is 12.1 Å². The Morgan fingerprint density at radius 1 is 1.22 bits per heavy atom. The molecule has 0 radical (unpaired) electrons. The predicted octanol–water partition coefficient (Wildman–Crippen LogP) is 4.10. The summed E-state index contributed by atoms with van der Waals surface area (Å²) >= 11 is 0. The molecule has 32 heavy (non-hydrogen) atoms. The Hall–Kier alpha value is -3.22. The molecule has 2 amide bonds. The molecule has 2 aromatic carbocycles. The molecule has 3 N–H and O–H groups in total. The van der Waals surface area contributed by atoms with Gasteiger partial charge in [0.15, 0.2) is 0 Å². The molecular formula is C25H30N2O5. The third-order valence-corrected chi connectivity index (χ3v) is 6.48. The lowest BCUT2D eigenvalue weighted by Gasteiger charge is -2.39. The number of piperidine rings is 1. The summed E-state index contributed by atoms with van der Waals surface area (Å²) in [6.45, 7) is 8.02. The minimum Gasteiger partial charge on any atom is -0.508 e. The van der Waals surface area contributed by atoms with E-state index in [1.165, 1.54) is 4.90 Å². The second kappa shape index (κ2) is 8.37. The van der Waals surface area contributed by atoms with E-state index < -0.39 is 6.09 Å². The van der Waals surface area contributed by atoms with Crippen molar-refractivity contribution in [2.75, 3.05) is 19.7 Å². The van der Waals surface area contributed by atoms with Crippen molar-refractivity contribution in [1.29, 1.82) is 0 Å². The average molecular weight is 439 g/mol. The minimum absolute atomic E-state index is 0.0624. The van der Waals surface area contributed by atoms with E-state index in [0.717, 1.165) is 16.7 Å². The van der Waals surface area contributed by atoms with Crippen LogP contribution < -0.4 is 10.1 Å². The molecule has 2 aromatic rings. The summed E-state index contributed by atoms with van der Waals surface area (Å²) in [5, 5.41) is 22.5. The van der Waals surface area contributed by atoms with Crippen LogP contribution in [0.15, 0.2) is 36.4 Å². The highest BCUT2D eigenvalue weighted by Gasteiger charge is 2.35. The molecule has 7 heteroatoms. The molecule has 1 fully saturated rings. The molecule has 2 aliphatic rings. The van der Waals surface area contributed by atoms with Crippen molar-refractivity contribution in [3.63, 3.8) is 0 Å². The maximum Gasteiger partial charge on any atom is 0.407 e. The average Bonchev–Trinajstić information content (AvgIpc) is 3.11. The number of carboxylic acid groups (broad SMARTS) is 1. The van der Waals surface area contributed by atoms with Gasteiger partial charge in [0, 0.05) is 31.1 Å². The summed E-state index contributed by atoms with van der Waals surface area (Å²) in [4.78, 5) is 25.1. The quantitative estimate of drug-likeness (QED) is 0.668. The molecule has 2 atom stereocenters. The van der Waals surface area contributed by atoms with Crippen LogP contribution in [0.25, 0.3) is 0 Å². The smallest absolute Gasteiger partial charge is 0.407 e. The molecular weight excluding hydrogens is 408 g/mol. The van der Waals surface area contributed by atoms with Crippen LogP contribution in [-0.4, -0.2) is 46.8 Å². The zero-order chi connectivity index (χ0) is 23.0. The Morgan fingerprint density at radius 3 is 2.72 bits per heavy atom. The normalized spacial score (nSPS) is 20.6. The SMILES string of the molecule is CC(C)(C)c1cc(O)ccc1C1CCN(C(=O)O)CC1COc1ccc2c(c1)C(=O)NC2. The number of hydrogen-bond acceptors (Lipinski definition) is 4. The zero-order valence-corrected chi connectivity index (χ0v) is 18.7. The number of amides is 2. The predicted molar refractivity (Wildman–Crippen MR) is 120 cm³/mol. The first-order valence-corrected chi connectivity index (χ1v) is 11.0. The summed E-state index contributed by atoms with van der Waals surface area (Å²) in [5.74, 6) is 0.766. The lowest BCUT2D eigenvalue weighted by atomic mass is 9.73. The number of benzene rings is 2. The van der Waals surface area contributed by atoms with Crippen molar-refractivity contribution in [2.45, 2.75) is 45.1 Å². The Kier molecular flexibility index (Phi) is 5.75. The third kappa shape index (κ3) is 4.38. The molecule has 7 nitrogen and oxygen atoms in total. The fourth-order valence-corrected chi connectivity index (χ4v) is 4.79. The molecule has 0 spiro atoms. The number of nitrogens with zero attached hydrogens (tertiary/aromatic N) is 1. The number of ether oxygens (including phenoxy) is 1. The van der Waals surface area contributed by atoms with Crippen LogP contribution in [-0.2, 0) is 12.0 Å². The molecule has 0 aliphatic carbocycles. The Balaban J connectivity index is 1.61. The fraction of sp³-hybridized carbons (Fsp3) is 0.440. The summed E-state index contributed by atoms with van der Waals surface area (Å²) < 4.78 is 6.10. The number of hydrogen-bond donors (Lipinski definition) is 3. The van der Waals surface area contributed by atoms with E-state index in [-0.39, 0.29) is 28.9 Å². The van der Waals surface area contributed by atoms with E-state index in [0.29, 0.717) is 44.0 Å². The van der Waals surface area contributed by atoms with Gasteiger partial charge in [0.25, 0.3) is 5.91 Å². The number of carbonyl (C=O) groups is 2. The molecule has 1 saturated heterocycles. The minimum atomic E-state index is -0.926. The maximum atomic E-state index is 12.0. The monoisotopic (exact) mass is 438 g/mol. The van der Waals surface area contributed by atoms with Crippen molar-refractivity contribution in [3.8, 4) is 11.5 Å². The van der Waals surface area contributed by atoms with E-state index in [2.05, 4.69) is 26.1 Å². The van der Waals surface area contributed by atoms with Crippen molar-refractivity contribution in [2.24, 2.45) is 5.92 Å². The zero-order valence-electron chi connectivity index (χ0n) is 18.7. The highest BCUT2D eigenvalue weighted by molar-refractivity contribution is 5.98. The number of fused-ring (bicyclic) bond motifs is 1. The standard InChI is InChI=1S/C25H30N2O5/c1-25(2,3)22-10-17(28)5-7-20(22)19-8-9-27(24(30)31)13-16(19)14-32-18-6-4-15-12-26-23(29)21(15)11-18/h4-7,10-11,16,19,28H,8-9,12-14H2,1-3H3,(H,26,29)(H,30,31). The van der Waals surface area contributed by atoms with Gasteiger partial charge >= 0.3 is 6.09 Å². The fourth-order valence-electron chi connectivity index (χ4n) is 4.79. The van der Waals surface area contributed by atoms with Gasteiger partial charge in [-0.2, -0.15) is 0 Å². The highest BCUT2D eigenvalue weighted by Crippen LogP contribution is 2.40. The maximum absolute atomic E-state index is 12.0. The number of rotatable bonds is 4. The van der Waals surface area contributed by atoms with Crippen LogP contribution in [0.1, 0.15) is 60.2 Å². The van der Waals surface area contributed by atoms with Gasteiger partial charge in [0.05, 0.1) is 6.61 Å². The Bertz CT molecular complexity index is 1040. The lowest BCUT2D eigenvalue weighted by molar-refractivity contribution is 0.0927. The topological polar surface area (TPSA) is 99.1 Å². The van der Waals surface area contributed by atoms with Gasteiger partial charge in [0.1, 0.15) is 11.5 Å². The van der Waals surface area contributed by atoms with Crippen molar-refractivity contribution >= 4 is 12.0 Å². The van der Waals surface area contributed by atoms with E-state index in [1.807, 2.05) is 24.3 Å². The van der Waals surface area contributed by atoms with Gasteiger partial charge in [-0.05, 0) is 58.7 Å². The second-order valence-corrected chi connectivity index (χ2v) is 9.72. The number of phenols is 1.